The highest BCUT2D eigenvalue weighted by Crippen LogP contribution is 2.32. The first kappa shape index (κ1) is 24.8. The zero-order valence-corrected chi connectivity index (χ0v) is 19.3. The minimum Gasteiger partial charge on any atom is -0.473 e. The van der Waals surface area contributed by atoms with Gasteiger partial charge in [-0.2, -0.15) is 0 Å². The number of ether oxygens (including phenoxy) is 1. The number of aliphatic carboxylic acids is 2. The van der Waals surface area contributed by atoms with E-state index in [1.54, 1.807) is 0 Å². The Morgan fingerprint density at radius 1 is 1.03 bits per heavy atom. The van der Waals surface area contributed by atoms with Gasteiger partial charge in [0.2, 0.25) is 0 Å². The number of piperidine rings is 1. The van der Waals surface area contributed by atoms with Crippen molar-refractivity contribution in [3.63, 3.8) is 0 Å². The lowest BCUT2D eigenvalue weighted by molar-refractivity contribution is -0.159. The van der Waals surface area contributed by atoms with Gasteiger partial charge in [-0.1, -0.05) is 31.5 Å². The van der Waals surface area contributed by atoms with Gasteiger partial charge in [0, 0.05) is 11.1 Å². The van der Waals surface area contributed by atoms with Crippen molar-refractivity contribution in [2.24, 2.45) is 5.92 Å². The van der Waals surface area contributed by atoms with Crippen LogP contribution in [-0.2, 0) is 27.2 Å². The molecular weight excluding hydrogens is 424 g/mol. The second-order valence-electron chi connectivity index (χ2n) is 8.81. The lowest BCUT2D eigenvalue weighted by Gasteiger charge is -2.31. The molecule has 2 heterocycles. The van der Waals surface area contributed by atoms with E-state index in [1.807, 2.05) is 10.6 Å². The molecular formula is C25H34N2O6. The second-order valence-corrected chi connectivity index (χ2v) is 8.81. The van der Waals surface area contributed by atoms with Crippen molar-refractivity contribution in [2.75, 3.05) is 26.2 Å². The smallest absolute Gasteiger partial charge is 0.418 e. The number of carbonyl (C=O) groups excluding carboxylic acids is 1. The van der Waals surface area contributed by atoms with Crippen LogP contribution in [0.5, 0.6) is 0 Å². The minimum absolute atomic E-state index is 0.178. The molecule has 0 amide bonds. The van der Waals surface area contributed by atoms with Crippen molar-refractivity contribution >= 4 is 28.9 Å². The molecule has 1 saturated heterocycles. The maximum Gasteiger partial charge on any atom is 0.418 e. The molecule has 8 nitrogen and oxygen atoms in total. The summed E-state index contributed by atoms with van der Waals surface area (Å²) in [6.07, 6.45) is 9.07. The van der Waals surface area contributed by atoms with E-state index in [-0.39, 0.29) is 6.09 Å². The van der Waals surface area contributed by atoms with E-state index in [1.165, 1.54) is 42.5 Å². The lowest BCUT2D eigenvalue weighted by Crippen LogP contribution is -2.36. The maximum atomic E-state index is 13.0. The normalized spacial score (nSPS) is 16.5. The first-order valence-corrected chi connectivity index (χ1v) is 11.9. The highest BCUT2D eigenvalue weighted by Gasteiger charge is 2.25. The molecule has 4 rings (SSSR count). The average molecular weight is 459 g/mol. The largest absolute Gasteiger partial charge is 0.473 e. The molecule has 2 aromatic rings. The van der Waals surface area contributed by atoms with Crippen molar-refractivity contribution in [1.82, 2.24) is 9.47 Å². The molecule has 1 aliphatic carbocycles. The van der Waals surface area contributed by atoms with E-state index in [9.17, 15) is 4.79 Å². The van der Waals surface area contributed by atoms with Crippen LogP contribution in [0, 0.1) is 5.92 Å². The summed E-state index contributed by atoms with van der Waals surface area (Å²) >= 11 is 0. The summed E-state index contributed by atoms with van der Waals surface area (Å²) in [6.45, 7) is 6.30. The molecule has 33 heavy (non-hydrogen) atoms. The molecule has 0 bridgehead atoms. The molecule has 0 saturated carbocycles. The summed E-state index contributed by atoms with van der Waals surface area (Å²) in [6, 6.07) is 8.29. The zero-order chi connectivity index (χ0) is 23.8. The molecule has 1 fully saturated rings. The number of carboxylic acids is 2. The Kier molecular flexibility index (Phi) is 8.88. The number of aryl methyl sites for hydroxylation is 1. The number of hydrogen-bond donors (Lipinski definition) is 2. The monoisotopic (exact) mass is 458 g/mol. The van der Waals surface area contributed by atoms with Crippen LogP contribution in [-0.4, -0.2) is 64.0 Å². The van der Waals surface area contributed by atoms with Gasteiger partial charge >= 0.3 is 18.0 Å². The van der Waals surface area contributed by atoms with Crippen molar-refractivity contribution in [2.45, 2.75) is 58.3 Å². The highest BCUT2D eigenvalue weighted by molar-refractivity contribution is 6.27. The van der Waals surface area contributed by atoms with Gasteiger partial charge < -0.3 is 19.8 Å². The molecule has 1 aromatic carbocycles. The Morgan fingerprint density at radius 2 is 1.70 bits per heavy atom. The summed E-state index contributed by atoms with van der Waals surface area (Å²) in [5.41, 5.74) is 3.56. The third-order valence-electron chi connectivity index (χ3n) is 6.52. The fourth-order valence-corrected chi connectivity index (χ4v) is 4.72. The molecule has 2 aliphatic rings. The fraction of sp³-hybridized carbons (Fsp3) is 0.560. The average Bonchev–Trinajstić information content (AvgIpc) is 3.17. The van der Waals surface area contributed by atoms with Crippen LogP contribution in [0.4, 0.5) is 4.79 Å². The van der Waals surface area contributed by atoms with E-state index < -0.39 is 11.9 Å². The van der Waals surface area contributed by atoms with E-state index in [2.05, 4.69) is 30.0 Å². The Hall–Kier alpha value is -2.87. The van der Waals surface area contributed by atoms with Crippen LogP contribution >= 0.6 is 0 Å². The number of carbonyl (C=O) groups is 3. The number of para-hydroxylation sites is 1. The number of aromatic nitrogens is 1. The molecule has 0 spiro atoms. The molecule has 1 aliphatic heterocycles. The predicted octanol–water partition coefficient (Wildman–Crippen LogP) is 4.17. The number of likely N-dealkylation sites (tertiary alicyclic amines) is 1. The number of unbranched alkanes of at least 4 members (excludes halogenated alkanes) is 1. The number of benzene rings is 1. The highest BCUT2D eigenvalue weighted by atomic mass is 16.5. The van der Waals surface area contributed by atoms with Gasteiger partial charge in [0.1, 0.15) is 0 Å². The van der Waals surface area contributed by atoms with Gasteiger partial charge in [0.25, 0.3) is 0 Å². The molecule has 1 aromatic heterocycles. The minimum atomic E-state index is -1.82. The summed E-state index contributed by atoms with van der Waals surface area (Å²) < 4.78 is 7.68. The van der Waals surface area contributed by atoms with Crippen molar-refractivity contribution in [3.8, 4) is 0 Å². The number of hydrogen-bond acceptors (Lipinski definition) is 5. The predicted molar refractivity (Wildman–Crippen MR) is 125 cm³/mol. The Bertz CT molecular complexity index is 963. The van der Waals surface area contributed by atoms with E-state index in [0.717, 1.165) is 50.7 Å². The van der Waals surface area contributed by atoms with Crippen LogP contribution in [0.25, 0.3) is 10.9 Å². The van der Waals surface area contributed by atoms with Crippen LogP contribution in [0.1, 0.15) is 56.7 Å². The quantitative estimate of drug-likeness (QED) is 0.647. The van der Waals surface area contributed by atoms with E-state index >= 15 is 0 Å². The van der Waals surface area contributed by atoms with Crippen LogP contribution in [0.3, 0.4) is 0 Å². The van der Waals surface area contributed by atoms with Crippen molar-refractivity contribution in [3.05, 3.63) is 35.5 Å². The fourth-order valence-electron chi connectivity index (χ4n) is 4.72. The Labute approximate surface area is 194 Å². The van der Waals surface area contributed by atoms with Crippen LogP contribution in [0.15, 0.2) is 24.3 Å². The van der Waals surface area contributed by atoms with E-state index in [4.69, 9.17) is 24.5 Å². The molecule has 2 N–H and O–H groups in total. The SMILES string of the molecule is CCCCN1CCC(COC(=O)n2c3c(c4ccccc42)CCCC3)CC1.O=C(O)C(=O)O. The Morgan fingerprint density at radius 3 is 2.36 bits per heavy atom. The number of rotatable bonds is 5. The van der Waals surface area contributed by atoms with Gasteiger partial charge in [-0.15, -0.1) is 0 Å². The first-order chi connectivity index (χ1) is 15.9. The zero-order valence-electron chi connectivity index (χ0n) is 19.3. The third kappa shape index (κ3) is 6.35. The van der Waals surface area contributed by atoms with Gasteiger partial charge in [-0.25, -0.2) is 19.0 Å². The third-order valence-corrected chi connectivity index (χ3v) is 6.52. The molecule has 180 valence electrons. The van der Waals surface area contributed by atoms with Gasteiger partial charge in [0.15, 0.2) is 0 Å². The standard InChI is InChI=1S/C23H32N2O2.C2H2O4/c1-2-3-14-24-15-12-18(13-16-24)17-27-23(26)25-21-10-6-4-8-19(21)20-9-5-7-11-22(20)25;3-1(4)2(5)6/h4,6,8,10,18H,2-3,5,7,9,11-17H2,1H3;(H,3,4)(H,5,6). The maximum absolute atomic E-state index is 13.0. The van der Waals surface area contributed by atoms with Crippen LogP contribution < -0.4 is 0 Å². The topological polar surface area (TPSA) is 109 Å². The number of nitrogens with zero attached hydrogens (tertiary/aromatic N) is 2. The van der Waals surface area contributed by atoms with Gasteiger partial charge in [-0.3, -0.25) is 0 Å². The second kappa shape index (κ2) is 11.8. The summed E-state index contributed by atoms with van der Waals surface area (Å²) in [7, 11) is 0. The molecule has 0 unspecified atom stereocenters. The first-order valence-electron chi connectivity index (χ1n) is 11.9. The van der Waals surface area contributed by atoms with Crippen molar-refractivity contribution in [1.29, 1.82) is 0 Å². The number of carboxylic acid groups (broad SMARTS) is 2. The van der Waals surface area contributed by atoms with Gasteiger partial charge in [0.05, 0.1) is 12.1 Å². The Balaban J connectivity index is 0.000000454. The molecule has 0 radical (unpaired) electrons. The lowest BCUT2D eigenvalue weighted by atomic mass is 9.96. The number of fused-ring (bicyclic) bond motifs is 3. The van der Waals surface area contributed by atoms with E-state index in [0.29, 0.717) is 12.5 Å². The summed E-state index contributed by atoms with van der Waals surface area (Å²) in [5.74, 6) is -3.14. The molecule has 0 atom stereocenters. The molecule has 8 heteroatoms. The van der Waals surface area contributed by atoms with Crippen LogP contribution in [0.2, 0.25) is 0 Å². The van der Waals surface area contributed by atoms with Gasteiger partial charge in [-0.05, 0) is 82.1 Å². The summed E-state index contributed by atoms with van der Waals surface area (Å²) in [5, 5.41) is 16.0. The van der Waals surface area contributed by atoms with Crippen molar-refractivity contribution < 1.29 is 29.3 Å². The summed E-state index contributed by atoms with van der Waals surface area (Å²) in [4.78, 5) is 33.7.